The third-order valence-corrected chi connectivity index (χ3v) is 6.36. The molecule has 0 aliphatic rings. The van der Waals surface area contributed by atoms with E-state index in [2.05, 4.69) is 0 Å². The van der Waals surface area contributed by atoms with Gasteiger partial charge >= 0.3 is 0 Å². The molecular formula is C21H16ClNO2S. The smallest absolute Gasteiger partial charge is 0.241 e. The number of aromatic nitrogens is 1. The Labute approximate surface area is 157 Å². The van der Waals surface area contributed by atoms with Crippen molar-refractivity contribution in [3.05, 3.63) is 89.6 Å². The predicted molar refractivity (Wildman–Crippen MR) is 106 cm³/mol. The van der Waals surface area contributed by atoms with Crippen LogP contribution in [0.5, 0.6) is 0 Å². The monoisotopic (exact) mass is 381 g/mol. The van der Waals surface area contributed by atoms with Crippen LogP contribution in [0.15, 0.2) is 83.9 Å². The number of para-hydroxylation sites is 1. The summed E-state index contributed by atoms with van der Waals surface area (Å²) in [4.78, 5) is 0.204. The van der Waals surface area contributed by atoms with Crippen molar-refractivity contribution >= 4 is 32.5 Å². The van der Waals surface area contributed by atoms with Crippen LogP contribution >= 0.6 is 11.6 Å². The van der Waals surface area contributed by atoms with E-state index in [9.17, 15) is 8.42 Å². The van der Waals surface area contributed by atoms with Crippen LogP contribution in [-0.2, 0) is 10.0 Å². The molecule has 5 heteroatoms. The van der Waals surface area contributed by atoms with Gasteiger partial charge in [0, 0.05) is 22.2 Å². The van der Waals surface area contributed by atoms with E-state index >= 15 is 0 Å². The van der Waals surface area contributed by atoms with Crippen LogP contribution in [0.25, 0.3) is 22.0 Å². The lowest BCUT2D eigenvalue weighted by atomic mass is 10.0. The van der Waals surface area contributed by atoms with Crippen molar-refractivity contribution in [3.8, 4) is 11.1 Å². The molecule has 26 heavy (non-hydrogen) atoms. The maximum absolute atomic E-state index is 13.5. The SMILES string of the molecule is Cc1cc(Cl)cc(S(=O)(=O)n2ccc3ccccc32)c1-c1ccccc1. The lowest BCUT2D eigenvalue weighted by Crippen LogP contribution is -2.13. The topological polar surface area (TPSA) is 39.1 Å². The van der Waals surface area contributed by atoms with Crippen molar-refractivity contribution in [3.63, 3.8) is 0 Å². The largest absolute Gasteiger partial charge is 0.268 e. The molecule has 1 heterocycles. The van der Waals surface area contributed by atoms with Gasteiger partial charge in [0.05, 0.1) is 10.4 Å². The number of rotatable bonds is 3. The van der Waals surface area contributed by atoms with Gasteiger partial charge in [0.2, 0.25) is 0 Å². The van der Waals surface area contributed by atoms with Crippen molar-refractivity contribution in [2.75, 3.05) is 0 Å². The molecular weight excluding hydrogens is 366 g/mol. The quantitative estimate of drug-likeness (QED) is 0.469. The standard InChI is InChI=1S/C21H16ClNO2S/c1-15-13-18(22)14-20(21(15)17-8-3-2-4-9-17)26(24,25)23-12-11-16-7-5-6-10-19(16)23/h2-14H,1H3. The first-order chi connectivity index (χ1) is 12.5. The summed E-state index contributed by atoms with van der Waals surface area (Å²) in [6.45, 7) is 1.88. The average Bonchev–Trinajstić information content (AvgIpc) is 3.06. The van der Waals surface area contributed by atoms with Crippen molar-refractivity contribution in [1.82, 2.24) is 3.97 Å². The molecule has 0 aliphatic carbocycles. The van der Waals surface area contributed by atoms with E-state index in [4.69, 9.17) is 11.6 Å². The minimum absolute atomic E-state index is 0.204. The molecule has 0 radical (unpaired) electrons. The molecule has 0 fully saturated rings. The third-order valence-electron chi connectivity index (χ3n) is 4.43. The molecule has 130 valence electrons. The number of hydrogen-bond donors (Lipinski definition) is 0. The fraction of sp³-hybridized carbons (Fsp3) is 0.0476. The van der Waals surface area contributed by atoms with Crippen LogP contribution in [0.2, 0.25) is 5.02 Å². The number of hydrogen-bond acceptors (Lipinski definition) is 2. The first kappa shape index (κ1) is 16.9. The lowest BCUT2D eigenvalue weighted by Gasteiger charge is -2.16. The molecule has 4 aromatic rings. The second kappa shape index (κ2) is 6.31. The van der Waals surface area contributed by atoms with Crippen LogP contribution in [0.4, 0.5) is 0 Å². The Hall–Kier alpha value is -2.56. The minimum Gasteiger partial charge on any atom is -0.241 e. The first-order valence-electron chi connectivity index (χ1n) is 8.16. The average molecular weight is 382 g/mol. The van der Waals surface area contributed by atoms with Crippen LogP contribution in [0.3, 0.4) is 0 Å². The lowest BCUT2D eigenvalue weighted by molar-refractivity contribution is 0.589. The third kappa shape index (κ3) is 2.71. The highest BCUT2D eigenvalue weighted by Gasteiger charge is 2.25. The van der Waals surface area contributed by atoms with Gasteiger partial charge in [-0.1, -0.05) is 60.1 Å². The zero-order chi connectivity index (χ0) is 18.3. The van der Waals surface area contributed by atoms with Crippen LogP contribution < -0.4 is 0 Å². The Balaban J connectivity index is 2.04. The molecule has 0 atom stereocenters. The van der Waals surface area contributed by atoms with E-state index in [1.165, 1.54) is 10.0 Å². The van der Waals surface area contributed by atoms with Crippen LogP contribution in [0, 0.1) is 6.92 Å². The van der Waals surface area contributed by atoms with Gasteiger partial charge in [0.25, 0.3) is 10.0 Å². The summed E-state index contributed by atoms with van der Waals surface area (Å²) in [7, 11) is -3.81. The zero-order valence-corrected chi connectivity index (χ0v) is 15.6. The van der Waals surface area contributed by atoms with Crippen LogP contribution in [-0.4, -0.2) is 12.4 Å². The molecule has 0 saturated carbocycles. The zero-order valence-electron chi connectivity index (χ0n) is 14.1. The van der Waals surface area contributed by atoms with Crippen molar-refractivity contribution in [2.24, 2.45) is 0 Å². The van der Waals surface area contributed by atoms with E-state index in [-0.39, 0.29) is 4.90 Å². The number of benzene rings is 3. The molecule has 1 aromatic heterocycles. The Morgan fingerprint density at radius 2 is 1.58 bits per heavy atom. The van der Waals surface area contributed by atoms with E-state index in [0.717, 1.165) is 16.5 Å². The van der Waals surface area contributed by atoms with Gasteiger partial charge in [-0.2, -0.15) is 0 Å². The van der Waals surface area contributed by atoms with Crippen LogP contribution in [0.1, 0.15) is 5.56 Å². The Kier molecular flexibility index (Phi) is 4.10. The number of halogens is 1. The fourth-order valence-electron chi connectivity index (χ4n) is 3.26. The number of fused-ring (bicyclic) bond motifs is 1. The van der Waals surface area contributed by atoms with Gasteiger partial charge in [-0.25, -0.2) is 12.4 Å². The highest BCUT2D eigenvalue weighted by Crippen LogP contribution is 2.35. The molecule has 0 unspecified atom stereocenters. The normalized spacial score (nSPS) is 11.8. The summed E-state index contributed by atoms with van der Waals surface area (Å²) >= 11 is 6.22. The minimum atomic E-state index is -3.81. The van der Waals surface area contributed by atoms with Gasteiger partial charge in [-0.3, -0.25) is 0 Å². The Morgan fingerprint density at radius 3 is 2.35 bits per heavy atom. The summed E-state index contributed by atoms with van der Waals surface area (Å²) < 4.78 is 28.3. The van der Waals surface area contributed by atoms with E-state index in [1.54, 1.807) is 24.4 Å². The van der Waals surface area contributed by atoms with Crippen molar-refractivity contribution in [1.29, 1.82) is 0 Å². The predicted octanol–water partition coefficient (Wildman–Crippen LogP) is 5.51. The Morgan fingerprint density at radius 1 is 0.885 bits per heavy atom. The van der Waals surface area contributed by atoms with Gasteiger partial charge in [-0.15, -0.1) is 0 Å². The molecule has 4 rings (SSSR count). The van der Waals surface area contributed by atoms with Gasteiger partial charge in [0.15, 0.2) is 0 Å². The van der Waals surface area contributed by atoms with Gasteiger partial charge < -0.3 is 0 Å². The van der Waals surface area contributed by atoms with Gasteiger partial charge in [-0.05, 0) is 42.3 Å². The van der Waals surface area contributed by atoms with Crippen molar-refractivity contribution < 1.29 is 8.42 Å². The van der Waals surface area contributed by atoms with E-state index in [1.807, 2.05) is 55.5 Å². The summed E-state index contributed by atoms with van der Waals surface area (Å²) in [6.07, 6.45) is 1.59. The molecule has 0 amide bonds. The summed E-state index contributed by atoms with van der Waals surface area (Å²) in [5.41, 5.74) is 2.98. The second-order valence-corrected chi connectivity index (χ2v) is 8.36. The van der Waals surface area contributed by atoms with Gasteiger partial charge in [0.1, 0.15) is 0 Å². The maximum Gasteiger partial charge on any atom is 0.268 e. The molecule has 0 bridgehead atoms. The fourth-order valence-corrected chi connectivity index (χ4v) is 5.27. The highest BCUT2D eigenvalue weighted by atomic mass is 35.5. The van der Waals surface area contributed by atoms with E-state index < -0.39 is 10.0 Å². The van der Waals surface area contributed by atoms with Crippen molar-refractivity contribution in [2.45, 2.75) is 11.8 Å². The molecule has 0 saturated heterocycles. The highest BCUT2D eigenvalue weighted by molar-refractivity contribution is 7.90. The maximum atomic E-state index is 13.5. The molecule has 3 aromatic carbocycles. The first-order valence-corrected chi connectivity index (χ1v) is 9.97. The second-order valence-electron chi connectivity index (χ2n) is 6.14. The summed E-state index contributed by atoms with van der Waals surface area (Å²) in [6, 6.07) is 22.0. The summed E-state index contributed by atoms with van der Waals surface area (Å²) in [5, 5.41) is 1.27. The number of nitrogens with zero attached hydrogens (tertiary/aromatic N) is 1. The number of aryl methyl sites for hydroxylation is 1. The molecule has 0 spiro atoms. The van der Waals surface area contributed by atoms with E-state index in [0.29, 0.717) is 16.1 Å². The molecule has 3 nitrogen and oxygen atoms in total. The Bertz CT molecular complexity index is 1210. The summed E-state index contributed by atoms with van der Waals surface area (Å²) in [5.74, 6) is 0. The molecule has 0 N–H and O–H groups in total. The molecule has 0 aliphatic heterocycles.